The number of hydrogen-bond acceptors (Lipinski definition) is 5. The Morgan fingerprint density at radius 3 is 2.32 bits per heavy atom. The number of benzene rings is 1. The van der Waals surface area contributed by atoms with E-state index in [9.17, 15) is 9.59 Å². The zero-order chi connectivity index (χ0) is 16.2. The van der Waals surface area contributed by atoms with E-state index in [0.717, 1.165) is 0 Å². The van der Waals surface area contributed by atoms with Crippen molar-refractivity contribution >= 4 is 35.4 Å². The van der Waals surface area contributed by atoms with Gasteiger partial charge < -0.3 is 10.1 Å². The number of esters is 1. The highest BCUT2D eigenvalue weighted by Gasteiger charge is 2.19. The normalized spacial score (nSPS) is 15.6. The average Bonchev–Trinajstić information content (AvgIpc) is 2.97. The molecule has 1 saturated heterocycles. The summed E-state index contributed by atoms with van der Waals surface area (Å²) in [7, 11) is 0. The summed E-state index contributed by atoms with van der Waals surface area (Å²) in [6.45, 7) is 5.38. The van der Waals surface area contributed by atoms with Crippen LogP contribution in [-0.4, -0.2) is 35.5 Å². The molecule has 0 spiro atoms. The van der Waals surface area contributed by atoms with E-state index < -0.39 is 5.97 Å². The minimum atomic E-state index is -0.470. The molecule has 1 aromatic carbocycles. The Hall–Kier alpha value is -1.14. The van der Waals surface area contributed by atoms with Gasteiger partial charge in [0.25, 0.3) is 5.91 Å². The fraction of sp³-hybridized carbons (Fsp3) is 0.500. The van der Waals surface area contributed by atoms with Gasteiger partial charge in [-0.05, 0) is 38.5 Å². The summed E-state index contributed by atoms with van der Waals surface area (Å²) in [5.74, 6) is 1.57. The molecule has 0 aromatic heterocycles. The Morgan fingerprint density at radius 2 is 1.77 bits per heavy atom. The van der Waals surface area contributed by atoms with E-state index in [1.54, 1.807) is 12.1 Å². The molecule has 0 atom stereocenters. The van der Waals surface area contributed by atoms with Crippen LogP contribution in [0.25, 0.3) is 0 Å². The maximum absolute atomic E-state index is 11.9. The summed E-state index contributed by atoms with van der Waals surface area (Å²) < 4.78 is 5.50. The van der Waals surface area contributed by atoms with Crippen molar-refractivity contribution in [1.29, 1.82) is 0 Å². The van der Waals surface area contributed by atoms with E-state index in [1.165, 1.54) is 17.1 Å². The smallest absolute Gasteiger partial charge is 0.338 e. The highest BCUT2D eigenvalue weighted by molar-refractivity contribution is 8.19. The fourth-order valence-corrected chi connectivity index (χ4v) is 4.86. The molecule has 0 aliphatic carbocycles. The predicted octanol–water partition coefficient (Wildman–Crippen LogP) is 3.24. The number of thioether (sulfide) groups is 2. The van der Waals surface area contributed by atoms with Crippen LogP contribution in [0.5, 0.6) is 0 Å². The fourth-order valence-electron chi connectivity index (χ4n) is 2.00. The van der Waals surface area contributed by atoms with Crippen molar-refractivity contribution in [1.82, 2.24) is 5.32 Å². The third-order valence-corrected chi connectivity index (χ3v) is 5.99. The average molecular weight is 339 g/mol. The van der Waals surface area contributed by atoms with Gasteiger partial charge in [0.2, 0.25) is 0 Å². The van der Waals surface area contributed by atoms with Crippen LogP contribution in [0.3, 0.4) is 0 Å². The molecular formula is C16H21NO3S2. The molecule has 0 saturated carbocycles. The van der Waals surface area contributed by atoms with Crippen LogP contribution >= 0.6 is 23.5 Å². The second-order valence-electron chi connectivity index (χ2n) is 6.07. The Labute approximate surface area is 139 Å². The standard InChI is InChI=1S/C16H21NO3S2/c1-16(2,3)17-13(18)10-20-14(19)11-4-6-12(7-5-11)15-21-8-9-22-15/h4-7,15H,8-10H2,1-3H3,(H,17,18). The van der Waals surface area contributed by atoms with Gasteiger partial charge in [0, 0.05) is 17.0 Å². The summed E-state index contributed by atoms with van der Waals surface area (Å²) in [4.78, 5) is 23.6. The lowest BCUT2D eigenvalue weighted by molar-refractivity contribution is -0.125. The first kappa shape index (κ1) is 17.2. The van der Waals surface area contributed by atoms with Crippen molar-refractivity contribution in [3.8, 4) is 0 Å². The molecule has 1 heterocycles. The van der Waals surface area contributed by atoms with Gasteiger partial charge in [-0.25, -0.2) is 4.79 Å². The van der Waals surface area contributed by atoms with Crippen molar-refractivity contribution in [3.05, 3.63) is 35.4 Å². The van der Waals surface area contributed by atoms with Crippen molar-refractivity contribution in [3.63, 3.8) is 0 Å². The number of nitrogens with one attached hydrogen (secondary N) is 1. The highest BCUT2D eigenvalue weighted by Crippen LogP contribution is 2.45. The Kier molecular flexibility index (Phi) is 5.81. The molecule has 22 heavy (non-hydrogen) atoms. The second-order valence-corrected chi connectivity index (χ2v) is 8.79. The number of rotatable bonds is 4. The Morgan fingerprint density at radius 1 is 1.18 bits per heavy atom. The molecule has 1 amide bonds. The van der Waals surface area contributed by atoms with Gasteiger partial charge in [0.05, 0.1) is 10.1 Å². The summed E-state index contributed by atoms with van der Waals surface area (Å²) in [5.41, 5.74) is 1.36. The number of ether oxygens (including phenoxy) is 1. The summed E-state index contributed by atoms with van der Waals surface area (Å²) in [5, 5.41) is 2.75. The topological polar surface area (TPSA) is 55.4 Å². The van der Waals surface area contributed by atoms with E-state index in [2.05, 4.69) is 5.32 Å². The van der Waals surface area contributed by atoms with Gasteiger partial charge in [-0.3, -0.25) is 4.79 Å². The molecule has 0 bridgehead atoms. The molecule has 120 valence electrons. The molecule has 1 aromatic rings. The first-order chi connectivity index (χ1) is 10.3. The highest BCUT2D eigenvalue weighted by atomic mass is 32.2. The molecule has 6 heteroatoms. The van der Waals surface area contributed by atoms with Crippen LogP contribution in [0.1, 0.15) is 41.3 Å². The van der Waals surface area contributed by atoms with Crippen LogP contribution in [0.15, 0.2) is 24.3 Å². The molecular weight excluding hydrogens is 318 g/mol. The van der Waals surface area contributed by atoms with E-state index in [0.29, 0.717) is 10.1 Å². The van der Waals surface area contributed by atoms with Crippen LogP contribution < -0.4 is 5.32 Å². The van der Waals surface area contributed by atoms with Crippen LogP contribution in [-0.2, 0) is 9.53 Å². The van der Waals surface area contributed by atoms with Crippen LogP contribution in [0.2, 0.25) is 0 Å². The Balaban J connectivity index is 1.86. The van der Waals surface area contributed by atoms with Crippen LogP contribution in [0, 0.1) is 0 Å². The maximum atomic E-state index is 11.9. The number of carbonyl (C=O) groups excluding carboxylic acids is 2. The first-order valence-electron chi connectivity index (χ1n) is 7.16. The van der Waals surface area contributed by atoms with E-state index >= 15 is 0 Å². The quantitative estimate of drug-likeness (QED) is 0.854. The zero-order valence-electron chi connectivity index (χ0n) is 13.0. The van der Waals surface area contributed by atoms with Gasteiger partial charge >= 0.3 is 5.97 Å². The van der Waals surface area contributed by atoms with Gasteiger partial charge in [-0.2, -0.15) is 0 Å². The lowest BCUT2D eigenvalue weighted by Gasteiger charge is -2.20. The second kappa shape index (κ2) is 7.42. The minimum Gasteiger partial charge on any atom is -0.452 e. The van der Waals surface area contributed by atoms with E-state index in [4.69, 9.17) is 4.74 Å². The van der Waals surface area contributed by atoms with E-state index in [1.807, 2.05) is 56.4 Å². The van der Waals surface area contributed by atoms with Gasteiger partial charge in [0.15, 0.2) is 6.61 Å². The van der Waals surface area contributed by atoms with Crippen molar-refractivity contribution < 1.29 is 14.3 Å². The van der Waals surface area contributed by atoms with Crippen LogP contribution in [0.4, 0.5) is 0 Å². The number of hydrogen-bond donors (Lipinski definition) is 1. The Bertz CT molecular complexity index is 531. The SMILES string of the molecule is CC(C)(C)NC(=O)COC(=O)c1ccc(C2SCCS2)cc1. The van der Waals surface area contributed by atoms with Gasteiger partial charge in [-0.15, -0.1) is 23.5 Å². The number of amides is 1. The van der Waals surface area contributed by atoms with Crippen molar-refractivity contribution in [2.75, 3.05) is 18.1 Å². The number of carbonyl (C=O) groups is 2. The van der Waals surface area contributed by atoms with Gasteiger partial charge in [0.1, 0.15) is 0 Å². The minimum absolute atomic E-state index is 0.258. The lowest BCUT2D eigenvalue weighted by atomic mass is 10.1. The molecule has 1 aliphatic rings. The third-order valence-electron chi connectivity index (χ3n) is 2.89. The summed E-state index contributed by atoms with van der Waals surface area (Å²) >= 11 is 3.85. The molecule has 4 nitrogen and oxygen atoms in total. The summed E-state index contributed by atoms with van der Waals surface area (Å²) in [6, 6.07) is 7.45. The van der Waals surface area contributed by atoms with Crippen molar-refractivity contribution in [2.24, 2.45) is 0 Å². The van der Waals surface area contributed by atoms with E-state index in [-0.39, 0.29) is 18.1 Å². The maximum Gasteiger partial charge on any atom is 0.338 e. The summed E-state index contributed by atoms with van der Waals surface area (Å²) in [6.07, 6.45) is 0. The largest absolute Gasteiger partial charge is 0.452 e. The first-order valence-corrected chi connectivity index (χ1v) is 9.26. The zero-order valence-corrected chi connectivity index (χ0v) is 14.7. The molecule has 0 unspecified atom stereocenters. The molecule has 1 aliphatic heterocycles. The monoisotopic (exact) mass is 339 g/mol. The predicted molar refractivity (Wildman–Crippen MR) is 92.3 cm³/mol. The molecule has 0 radical (unpaired) electrons. The van der Waals surface area contributed by atoms with Crippen molar-refractivity contribution in [2.45, 2.75) is 30.9 Å². The molecule has 2 rings (SSSR count). The lowest BCUT2D eigenvalue weighted by Crippen LogP contribution is -2.42. The van der Waals surface area contributed by atoms with Gasteiger partial charge in [-0.1, -0.05) is 12.1 Å². The third kappa shape index (κ3) is 5.25. The molecule has 1 fully saturated rings. The molecule has 1 N–H and O–H groups in total.